The van der Waals surface area contributed by atoms with E-state index in [9.17, 15) is 9.59 Å². The third-order valence-electron chi connectivity index (χ3n) is 1.19. The van der Waals surface area contributed by atoms with E-state index in [1.54, 1.807) is 14.1 Å². The Labute approximate surface area is 74.7 Å². The lowest BCUT2D eigenvalue weighted by molar-refractivity contribution is -0.130. The van der Waals surface area contributed by atoms with Gasteiger partial charge in [-0.2, -0.15) is 0 Å². The number of carbonyl (C=O) groups is 2. The summed E-state index contributed by atoms with van der Waals surface area (Å²) >= 11 is 0. The van der Waals surface area contributed by atoms with Gasteiger partial charge in [-0.3, -0.25) is 4.79 Å². The van der Waals surface area contributed by atoms with E-state index in [4.69, 9.17) is 0 Å². The third kappa shape index (κ3) is 9.14. The minimum atomic E-state index is 0.00944. The molecule has 0 unspecified atom stereocenters. The highest BCUT2D eigenvalue weighted by atomic mass is 16.2. The number of rotatable bonds is 3. The Morgan fingerprint density at radius 2 is 1.50 bits per heavy atom. The van der Waals surface area contributed by atoms with Gasteiger partial charge in [-0.1, -0.05) is 13.8 Å². The van der Waals surface area contributed by atoms with Crippen LogP contribution in [0.3, 0.4) is 0 Å². The molecule has 0 spiro atoms. The van der Waals surface area contributed by atoms with E-state index in [0.29, 0.717) is 12.8 Å². The van der Waals surface area contributed by atoms with Gasteiger partial charge in [0.2, 0.25) is 5.91 Å². The van der Waals surface area contributed by atoms with E-state index in [0.717, 1.165) is 0 Å². The van der Waals surface area contributed by atoms with Crippen molar-refractivity contribution in [1.82, 2.24) is 4.90 Å². The van der Waals surface area contributed by atoms with Gasteiger partial charge in [0.05, 0.1) is 0 Å². The molecule has 0 saturated heterocycles. The predicted octanol–water partition coefficient (Wildman–Crippen LogP) is 1.47. The highest BCUT2D eigenvalue weighted by Gasteiger charge is 2.04. The number of nitrogens with zero attached hydrogens (tertiary/aromatic N) is 1. The molecule has 0 rings (SSSR count). The molecule has 12 heavy (non-hydrogen) atoms. The number of Topliss-reactive ketones (excluding diaryl/α,β-unsaturated/α-hetero) is 1. The standard InChI is InChI=1S/C7H13NO2.C2H6/c1-6(9)4-5-7(10)8(2)3;1-2/h4-5H2,1-3H3;1-2H3. The molecule has 0 aromatic rings. The van der Waals surface area contributed by atoms with Gasteiger partial charge in [-0.05, 0) is 6.92 Å². The summed E-state index contributed by atoms with van der Waals surface area (Å²) in [5, 5.41) is 0. The molecule has 0 aliphatic carbocycles. The average Bonchev–Trinajstić information content (AvgIpc) is 2.03. The quantitative estimate of drug-likeness (QED) is 0.648. The maximum atomic E-state index is 10.8. The summed E-state index contributed by atoms with van der Waals surface area (Å²) in [6.45, 7) is 5.49. The first-order valence-electron chi connectivity index (χ1n) is 4.23. The van der Waals surface area contributed by atoms with Crippen LogP contribution in [0.15, 0.2) is 0 Å². The fourth-order valence-electron chi connectivity index (χ4n) is 0.507. The lowest BCUT2D eigenvalue weighted by Crippen LogP contribution is -2.21. The van der Waals surface area contributed by atoms with Crippen LogP contribution in [0.1, 0.15) is 33.6 Å². The fourth-order valence-corrected chi connectivity index (χ4v) is 0.507. The Kier molecular flexibility index (Phi) is 9.41. The lowest BCUT2D eigenvalue weighted by Gasteiger charge is -2.07. The second-order valence-corrected chi connectivity index (χ2v) is 2.49. The van der Waals surface area contributed by atoms with Crippen LogP contribution in [0.4, 0.5) is 0 Å². The fraction of sp³-hybridized carbons (Fsp3) is 0.778. The summed E-state index contributed by atoms with van der Waals surface area (Å²) in [7, 11) is 3.37. The summed E-state index contributed by atoms with van der Waals surface area (Å²) in [5.74, 6) is 0.0744. The molecule has 0 radical (unpaired) electrons. The van der Waals surface area contributed by atoms with Crippen LogP contribution in [0.25, 0.3) is 0 Å². The first kappa shape index (κ1) is 13.7. The third-order valence-corrected chi connectivity index (χ3v) is 1.19. The Bertz CT molecular complexity index is 141. The van der Waals surface area contributed by atoms with Crippen molar-refractivity contribution in [3.63, 3.8) is 0 Å². The molecule has 0 aliphatic rings. The first-order chi connectivity index (χ1) is 5.54. The summed E-state index contributed by atoms with van der Waals surface area (Å²) in [6, 6.07) is 0. The lowest BCUT2D eigenvalue weighted by atomic mass is 10.2. The van der Waals surface area contributed by atoms with Crippen LogP contribution in [0.2, 0.25) is 0 Å². The minimum absolute atomic E-state index is 0.00944. The van der Waals surface area contributed by atoms with Crippen LogP contribution < -0.4 is 0 Å². The van der Waals surface area contributed by atoms with Crippen LogP contribution >= 0.6 is 0 Å². The van der Waals surface area contributed by atoms with Gasteiger partial charge in [-0.15, -0.1) is 0 Å². The molecule has 0 fully saturated rings. The normalized spacial score (nSPS) is 8.08. The Morgan fingerprint density at radius 3 is 1.75 bits per heavy atom. The second-order valence-electron chi connectivity index (χ2n) is 2.49. The highest BCUT2D eigenvalue weighted by molar-refractivity contribution is 5.83. The van der Waals surface area contributed by atoms with Gasteiger partial charge in [0.15, 0.2) is 0 Å². The van der Waals surface area contributed by atoms with Crippen molar-refractivity contribution < 1.29 is 9.59 Å². The largest absolute Gasteiger partial charge is 0.349 e. The van der Waals surface area contributed by atoms with Crippen molar-refractivity contribution in [2.45, 2.75) is 33.6 Å². The van der Waals surface area contributed by atoms with Gasteiger partial charge >= 0.3 is 0 Å². The van der Waals surface area contributed by atoms with E-state index >= 15 is 0 Å². The molecule has 0 bridgehead atoms. The smallest absolute Gasteiger partial charge is 0.222 e. The number of carbonyl (C=O) groups excluding carboxylic acids is 2. The van der Waals surface area contributed by atoms with Crippen molar-refractivity contribution in [3.05, 3.63) is 0 Å². The summed E-state index contributed by atoms with van der Waals surface area (Å²) < 4.78 is 0. The van der Waals surface area contributed by atoms with Gasteiger partial charge in [0.25, 0.3) is 0 Å². The van der Waals surface area contributed by atoms with Gasteiger partial charge in [0.1, 0.15) is 5.78 Å². The molecule has 3 heteroatoms. The molecule has 0 saturated carbocycles. The number of hydrogen-bond acceptors (Lipinski definition) is 2. The Balaban J connectivity index is 0. The molecule has 1 amide bonds. The number of ketones is 1. The molecular formula is C9H19NO2. The van der Waals surface area contributed by atoms with Gasteiger partial charge in [0, 0.05) is 26.9 Å². The highest BCUT2D eigenvalue weighted by Crippen LogP contribution is 1.93. The van der Waals surface area contributed by atoms with Crippen molar-refractivity contribution in [1.29, 1.82) is 0 Å². The predicted molar refractivity (Wildman–Crippen MR) is 50.0 cm³/mol. The Hall–Kier alpha value is -0.860. The molecule has 0 aromatic heterocycles. The molecule has 0 N–H and O–H groups in total. The molecule has 3 nitrogen and oxygen atoms in total. The van der Waals surface area contributed by atoms with E-state index in [1.165, 1.54) is 11.8 Å². The van der Waals surface area contributed by atoms with Crippen LogP contribution in [-0.4, -0.2) is 30.7 Å². The van der Waals surface area contributed by atoms with Crippen molar-refractivity contribution >= 4 is 11.7 Å². The molecule has 0 heterocycles. The van der Waals surface area contributed by atoms with E-state index in [2.05, 4.69) is 0 Å². The molecular weight excluding hydrogens is 154 g/mol. The average molecular weight is 173 g/mol. The monoisotopic (exact) mass is 173 g/mol. The maximum Gasteiger partial charge on any atom is 0.222 e. The van der Waals surface area contributed by atoms with Crippen molar-refractivity contribution in [3.8, 4) is 0 Å². The zero-order valence-corrected chi connectivity index (χ0v) is 8.68. The second kappa shape index (κ2) is 8.24. The van der Waals surface area contributed by atoms with E-state index in [-0.39, 0.29) is 11.7 Å². The topological polar surface area (TPSA) is 37.4 Å². The zero-order valence-electron chi connectivity index (χ0n) is 8.68. The maximum absolute atomic E-state index is 10.8. The van der Waals surface area contributed by atoms with Crippen LogP contribution in [0.5, 0.6) is 0 Å². The van der Waals surface area contributed by atoms with Crippen molar-refractivity contribution in [2.24, 2.45) is 0 Å². The van der Waals surface area contributed by atoms with E-state index in [1.807, 2.05) is 13.8 Å². The Morgan fingerprint density at radius 1 is 1.08 bits per heavy atom. The summed E-state index contributed by atoms with van der Waals surface area (Å²) in [4.78, 5) is 22.7. The van der Waals surface area contributed by atoms with Gasteiger partial charge < -0.3 is 9.69 Å². The van der Waals surface area contributed by atoms with Crippen LogP contribution in [-0.2, 0) is 9.59 Å². The SMILES string of the molecule is CC.CC(=O)CCC(=O)N(C)C. The summed E-state index contributed by atoms with van der Waals surface area (Å²) in [6.07, 6.45) is 0.694. The minimum Gasteiger partial charge on any atom is -0.349 e. The zero-order chi connectivity index (χ0) is 10.1. The molecule has 72 valence electrons. The number of amides is 1. The van der Waals surface area contributed by atoms with Crippen molar-refractivity contribution in [2.75, 3.05) is 14.1 Å². The number of hydrogen-bond donors (Lipinski definition) is 0. The molecule has 0 aliphatic heterocycles. The van der Waals surface area contributed by atoms with E-state index < -0.39 is 0 Å². The first-order valence-corrected chi connectivity index (χ1v) is 4.23. The van der Waals surface area contributed by atoms with Crippen LogP contribution in [0, 0.1) is 0 Å². The molecule has 0 atom stereocenters. The summed E-state index contributed by atoms with van der Waals surface area (Å²) in [5.41, 5.74) is 0. The molecule has 0 aromatic carbocycles. The van der Waals surface area contributed by atoms with Gasteiger partial charge in [-0.25, -0.2) is 0 Å².